The number of carbonyl (C=O) groups is 2. The van der Waals surface area contributed by atoms with Crippen molar-refractivity contribution in [3.8, 4) is 0 Å². The number of nitrogen functional groups attached to an aromatic ring is 1. The zero-order chi connectivity index (χ0) is 14.4. The summed E-state index contributed by atoms with van der Waals surface area (Å²) in [6.07, 6.45) is 0. The normalized spacial score (nSPS) is 12.0. The van der Waals surface area contributed by atoms with Gasteiger partial charge in [0.05, 0.1) is 12.6 Å². The molecule has 0 saturated heterocycles. The van der Waals surface area contributed by atoms with Gasteiger partial charge >= 0.3 is 0 Å². The van der Waals surface area contributed by atoms with Gasteiger partial charge < -0.3 is 16.4 Å². The van der Waals surface area contributed by atoms with Crippen molar-refractivity contribution in [2.75, 3.05) is 31.7 Å². The maximum Gasteiger partial charge on any atom is 0.241 e. The van der Waals surface area contributed by atoms with E-state index in [2.05, 4.69) is 10.6 Å². The molecule has 2 amide bonds. The number of hydrogen-bond acceptors (Lipinski definition) is 4. The Kier molecular flexibility index (Phi) is 5.32. The maximum atomic E-state index is 12.0. The van der Waals surface area contributed by atoms with E-state index in [-0.39, 0.29) is 18.4 Å². The van der Waals surface area contributed by atoms with Crippen LogP contribution >= 0.6 is 0 Å². The van der Waals surface area contributed by atoms with Crippen molar-refractivity contribution >= 4 is 23.2 Å². The number of nitrogens with two attached hydrogens (primary N) is 1. The molecule has 0 radical (unpaired) electrons. The molecule has 19 heavy (non-hydrogen) atoms. The molecule has 0 saturated carbocycles. The minimum atomic E-state index is -0.408. The fraction of sp³-hybridized carbons (Fsp3) is 0.385. The monoisotopic (exact) mass is 264 g/mol. The van der Waals surface area contributed by atoms with E-state index in [1.54, 1.807) is 50.2 Å². The Hall–Kier alpha value is -2.08. The van der Waals surface area contributed by atoms with Crippen molar-refractivity contribution in [2.45, 2.75) is 13.0 Å². The lowest BCUT2D eigenvalue weighted by Crippen LogP contribution is -2.44. The Balaban J connectivity index is 2.57. The van der Waals surface area contributed by atoms with Crippen molar-refractivity contribution in [3.05, 3.63) is 24.3 Å². The van der Waals surface area contributed by atoms with E-state index < -0.39 is 6.04 Å². The van der Waals surface area contributed by atoms with Crippen LogP contribution in [0.1, 0.15) is 6.92 Å². The van der Waals surface area contributed by atoms with Gasteiger partial charge in [0.1, 0.15) is 0 Å². The summed E-state index contributed by atoms with van der Waals surface area (Å²) >= 11 is 0. The van der Waals surface area contributed by atoms with Crippen molar-refractivity contribution in [2.24, 2.45) is 0 Å². The number of nitrogens with zero attached hydrogens (tertiary/aromatic N) is 1. The molecule has 0 aliphatic rings. The van der Waals surface area contributed by atoms with Crippen LogP contribution < -0.4 is 16.4 Å². The molecule has 0 fully saturated rings. The number of hydrogen-bond donors (Lipinski definition) is 3. The van der Waals surface area contributed by atoms with Gasteiger partial charge in [0.25, 0.3) is 0 Å². The lowest BCUT2D eigenvalue weighted by Gasteiger charge is -2.22. The third-order valence-electron chi connectivity index (χ3n) is 2.89. The molecular weight excluding hydrogens is 244 g/mol. The van der Waals surface area contributed by atoms with Crippen LogP contribution in [0.2, 0.25) is 0 Å². The van der Waals surface area contributed by atoms with Gasteiger partial charge in [0.15, 0.2) is 0 Å². The fourth-order valence-corrected chi connectivity index (χ4v) is 1.46. The van der Waals surface area contributed by atoms with Crippen LogP contribution in [-0.2, 0) is 9.59 Å². The molecule has 1 aromatic carbocycles. The molecule has 1 aromatic rings. The van der Waals surface area contributed by atoms with Crippen LogP contribution in [0.15, 0.2) is 24.3 Å². The summed E-state index contributed by atoms with van der Waals surface area (Å²) in [5.41, 5.74) is 6.89. The van der Waals surface area contributed by atoms with Crippen molar-refractivity contribution in [1.29, 1.82) is 0 Å². The van der Waals surface area contributed by atoms with Crippen LogP contribution in [0, 0.1) is 0 Å². The zero-order valence-corrected chi connectivity index (χ0v) is 11.4. The van der Waals surface area contributed by atoms with E-state index in [0.717, 1.165) is 0 Å². The molecule has 4 N–H and O–H groups in total. The van der Waals surface area contributed by atoms with Crippen LogP contribution in [0.25, 0.3) is 0 Å². The van der Waals surface area contributed by atoms with Gasteiger partial charge in [-0.05, 0) is 38.2 Å². The van der Waals surface area contributed by atoms with Crippen LogP contribution in [0.4, 0.5) is 11.4 Å². The molecule has 0 heterocycles. The highest BCUT2D eigenvalue weighted by Crippen LogP contribution is 2.11. The highest BCUT2D eigenvalue weighted by Gasteiger charge is 2.19. The topological polar surface area (TPSA) is 87.5 Å². The Morgan fingerprint density at radius 3 is 2.42 bits per heavy atom. The third kappa shape index (κ3) is 4.59. The summed E-state index contributed by atoms with van der Waals surface area (Å²) in [6.45, 7) is 1.92. The minimum absolute atomic E-state index is 0.130. The van der Waals surface area contributed by atoms with E-state index >= 15 is 0 Å². The van der Waals surface area contributed by atoms with Crippen molar-refractivity contribution < 1.29 is 9.59 Å². The number of likely N-dealkylation sites (N-methyl/N-ethyl adjacent to an activating group) is 2. The minimum Gasteiger partial charge on any atom is -0.399 e. The largest absolute Gasteiger partial charge is 0.399 e. The lowest BCUT2D eigenvalue weighted by molar-refractivity contribution is -0.124. The second kappa shape index (κ2) is 6.75. The Labute approximate surface area is 113 Å². The Morgan fingerprint density at radius 2 is 1.89 bits per heavy atom. The smallest absolute Gasteiger partial charge is 0.241 e. The summed E-state index contributed by atoms with van der Waals surface area (Å²) in [5.74, 6) is -0.300. The summed E-state index contributed by atoms with van der Waals surface area (Å²) in [5, 5.41) is 5.29. The van der Waals surface area contributed by atoms with Gasteiger partial charge in [-0.3, -0.25) is 14.5 Å². The number of rotatable bonds is 5. The van der Waals surface area contributed by atoms with Gasteiger partial charge in [-0.25, -0.2) is 0 Å². The van der Waals surface area contributed by atoms with Crippen LogP contribution in [0.5, 0.6) is 0 Å². The lowest BCUT2D eigenvalue weighted by atomic mass is 10.2. The first-order chi connectivity index (χ1) is 8.93. The SMILES string of the molecule is CNC(=O)CN(C)C(C)C(=O)Nc1ccc(N)cc1. The van der Waals surface area contributed by atoms with Gasteiger partial charge in [-0.1, -0.05) is 0 Å². The average Bonchev–Trinajstić information content (AvgIpc) is 2.40. The first-order valence-electron chi connectivity index (χ1n) is 6.01. The molecule has 0 aromatic heterocycles. The number of carbonyl (C=O) groups excluding carboxylic acids is 2. The van der Waals surface area contributed by atoms with Crippen LogP contribution in [-0.4, -0.2) is 43.4 Å². The predicted molar refractivity (Wildman–Crippen MR) is 75.6 cm³/mol. The van der Waals surface area contributed by atoms with Gasteiger partial charge in [0, 0.05) is 18.4 Å². The summed E-state index contributed by atoms with van der Waals surface area (Å²) in [6, 6.07) is 6.50. The molecular formula is C13H20N4O2. The van der Waals surface area contributed by atoms with Crippen molar-refractivity contribution in [3.63, 3.8) is 0 Å². The van der Waals surface area contributed by atoms with Gasteiger partial charge in [-0.15, -0.1) is 0 Å². The number of amides is 2. The van der Waals surface area contributed by atoms with Crippen LogP contribution in [0.3, 0.4) is 0 Å². The van der Waals surface area contributed by atoms with E-state index in [1.807, 2.05) is 0 Å². The summed E-state index contributed by atoms with van der Waals surface area (Å²) in [7, 11) is 3.29. The number of nitrogens with one attached hydrogen (secondary N) is 2. The quantitative estimate of drug-likeness (QED) is 0.666. The molecule has 1 unspecified atom stereocenters. The highest BCUT2D eigenvalue weighted by molar-refractivity contribution is 5.95. The van der Waals surface area contributed by atoms with E-state index in [4.69, 9.17) is 5.73 Å². The molecule has 0 bridgehead atoms. The summed E-state index contributed by atoms with van der Waals surface area (Å²) < 4.78 is 0. The molecule has 6 nitrogen and oxygen atoms in total. The zero-order valence-electron chi connectivity index (χ0n) is 11.4. The van der Waals surface area contributed by atoms with Gasteiger partial charge in [-0.2, -0.15) is 0 Å². The first kappa shape index (κ1) is 15.0. The highest BCUT2D eigenvalue weighted by atomic mass is 16.2. The fourth-order valence-electron chi connectivity index (χ4n) is 1.46. The second-order valence-electron chi connectivity index (χ2n) is 4.38. The standard InChI is InChI=1S/C13H20N4O2/c1-9(17(3)8-12(18)15-2)13(19)16-11-6-4-10(14)5-7-11/h4-7,9H,8,14H2,1-3H3,(H,15,18)(H,16,19). The maximum absolute atomic E-state index is 12.0. The van der Waals surface area contributed by atoms with Gasteiger partial charge in [0.2, 0.25) is 11.8 Å². The molecule has 0 aliphatic carbocycles. The Morgan fingerprint density at radius 1 is 1.32 bits per heavy atom. The molecule has 1 atom stereocenters. The Bertz CT molecular complexity index is 444. The number of benzene rings is 1. The molecule has 0 aliphatic heterocycles. The van der Waals surface area contributed by atoms with E-state index in [1.165, 1.54) is 0 Å². The van der Waals surface area contributed by atoms with E-state index in [9.17, 15) is 9.59 Å². The first-order valence-corrected chi connectivity index (χ1v) is 6.01. The van der Waals surface area contributed by atoms with Crippen molar-refractivity contribution in [1.82, 2.24) is 10.2 Å². The molecule has 104 valence electrons. The number of anilines is 2. The molecule has 6 heteroatoms. The third-order valence-corrected chi connectivity index (χ3v) is 2.89. The summed E-state index contributed by atoms with van der Waals surface area (Å²) in [4.78, 5) is 24.9. The average molecular weight is 264 g/mol. The molecule has 0 spiro atoms. The van der Waals surface area contributed by atoms with E-state index in [0.29, 0.717) is 11.4 Å². The second-order valence-corrected chi connectivity index (χ2v) is 4.38. The predicted octanol–water partition coefficient (Wildman–Crippen LogP) is 0.274. The molecule has 1 rings (SSSR count).